The predicted molar refractivity (Wildman–Crippen MR) is 113 cm³/mol. The van der Waals surface area contributed by atoms with Crippen LogP contribution in [-0.2, 0) is 4.43 Å². The number of rotatable bonds is 2. The number of carbonyl (C=O) groups is 2. The molecule has 6 nitrogen and oxygen atoms in total. The molecule has 0 aliphatic heterocycles. The summed E-state index contributed by atoms with van der Waals surface area (Å²) in [4.78, 5) is 24.5. The average molecular weight is 407 g/mol. The van der Waals surface area contributed by atoms with Gasteiger partial charge in [0.1, 0.15) is 5.75 Å². The highest BCUT2D eigenvalue weighted by atomic mass is 28.4. The lowest BCUT2D eigenvalue weighted by atomic mass is 10.2. The van der Waals surface area contributed by atoms with E-state index in [-0.39, 0.29) is 15.1 Å². The molecule has 0 N–H and O–H groups in total. The van der Waals surface area contributed by atoms with E-state index >= 15 is 0 Å². The third kappa shape index (κ3) is 5.28. The first-order valence-corrected chi connectivity index (χ1v) is 11.4. The Morgan fingerprint density at radius 1 is 0.821 bits per heavy atom. The summed E-state index contributed by atoms with van der Waals surface area (Å²) in [5, 5.41) is 6.12. The molecule has 0 heterocycles. The van der Waals surface area contributed by atoms with Crippen molar-refractivity contribution in [1.82, 2.24) is 0 Å². The molecule has 0 aliphatic carbocycles. The van der Waals surface area contributed by atoms with Crippen LogP contribution in [0.2, 0.25) is 15.1 Å². The van der Waals surface area contributed by atoms with E-state index in [4.69, 9.17) is 9.16 Å². The Labute approximate surface area is 169 Å². The first-order chi connectivity index (χ1) is 12.5. The second-order valence-corrected chi connectivity index (χ2v) is 16.3. The van der Waals surface area contributed by atoms with Crippen LogP contribution in [0.3, 0.4) is 0 Å². The Balaban J connectivity index is 3.06. The van der Waals surface area contributed by atoms with Gasteiger partial charge in [0.2, 0.25) is 0 Å². The van der Waals surface area contributed by atoms with E-state index in [1.165, 1.54) is 0 Å². The summed E-state index contributed by atoms with van der Waals surface area (Å²) in [5.74, 6) is 0.347. The molecule has 0 saturated carbocycles. The van der Waals surface area contributed by atoms with Crippen LogP contribution < -0.4 is 4.74 Å². The number of hydrogen-bond acceptors (Lipinski definition) is 4. The van der Waals surface area contributed by atoms with E-state index < -0.39 is 20.5 Å². The normalized spacial score (nSPS) is 13.5. The van der Waals surface area contributed by atoms with Crippen molar-refractivity contribution in [2.24, 2.45) is 10.2 Å². The van der Waals surface area contributed by atoms with Crippen LogP contribution in [0.1, 0.15) is 67.9 Å². The molecule has 0 atom stereocenters. The molecular formula is C21H34N2O4Si. The van der Waals surface area contributed by atoms with Gasteiger partial charge in [-0.3, -0.25) is 0 Å². The Morgan fingerprint density at radius 3 is 1.71 bits per heavy atom. The number of aryl methyl sites for hydroxylation is 1. The molecule has 1 aromatic rings. The molecule has 0 aliphatic rings. The molecule has 0 aromatic heterocycles. The molecule has 28 heavy (non-hydrogen) atoms. The molecule has 0 radical (unpaired) electrons. The number of ether oxygens (including phenoxy) is 1. The fraction of sp³-hybridized carbons (Fsp3) is 0.619. The van der Waals surface area contributed by atoms with Crippen molar-refractivity contribution < 1.29 is 18.8 Å². The molecule has 156 valence electrons. The Morgan fingerprint density at radius 2 is 1.29 bits per heavy atom. The zero-order valence-electron chi connectivity index (χ0n) is 18.8. The topological polar surface area (TPSA) is 77.3 Å². The highest BCUT2D eigenvalue weighted by molar-refractivity contribution is 6.83. The predicted octanol–water partition coefficient (Wildman–Crippen LogP) is 7.43. The van der Waals surface area contributed by atoms with Gasteiger partial charge in [0.15, 0.2) is 0 Å². The largest absolute Gasteiger partial charge is 0.499 e. The van der Waals surface area contributed by atoms with Crippen molar-refractivity contribution in [3.63, 3.8) is 0 Å². The molecular weight excluding hydrogens is 372 g/mol. The van der Waals surface area contributed by atoms with E-state index in [2.05, 4.69) is 72.5 Å². The highest BCUT2D eigenvalue weighted by Crippen LogP contribution is 2.62. The maximum absolute atomic E-state index is 12.6. The summed E-state index contributed by atoms with van der Waals surface area (Å²) in [6, 6.07) is 6.98. The van der Waals surface area contributed by atoms with Gasteiger partial charge in [-0.05, 0) is 39.7 Å². The SMILES string of the molecule is Cc1cccc(OC(=O)/N=N/C(=O)O[Si](C(C)(C)C)(C(C)(C)C)C(C)(C)C)c1. The molecule has 0 saturated heterocycles. The lowest BCUT2D eigenvalue weighted by Crippen LogP contribution is -2.61. The molecule has 2 amide bonds. The fourth-order valence-electron chi connectivity index (χ4n) is 4.87. The van der Waals surface area contributed by atoms with Crippen LogP contribution in [0.15, 0.2) is 34.5 Å². The van der Waals surface area contributed by atoms with Crippen LogP contribution in [-0.4, -0.2) is 20.5 Å². The van der Waals surface area contributed by atoms with Crippen molar-refractivity contribution in [3.8, 4) is 5.75 Å². The minimum Gasteiger partial charge on any atom is -0.499 e. The number of benzene rings is 1. The highest BCUT2D eigenvalue weighted by Gasteiger charge is 2.64. The molecule has 0 bridgehead atoms. The summed E-state index contributed by atoms with van der Waals surface area (Å²) in [6.07, 6.45) is -1.82. The lowest BCUT2D eigenvalue weighted by molar-refractivity contribution is 0.189. The van der Waals surface area contributed by atoms with Crippen LogP contribution in [0, 0.1) is 6.92 Å². The summed E-state index contributed by atoms with van der Waals surface area (Å²) < 4.78 is 11.2. The van der Waals surface area contributed by atoms with E-state index in [9.17, 15) is 9.59 Å². The number of hydrogen-bond donors (Lipinski definition) is 0. The van der Waals surface area contributed by atoms with Gasteiger partial charge in [-0.1, -0.05) is 84.7 Å². The van der Waals surface area contributed by atoms with Crippen LogP contribution in [0.4, 0.5) is 9.59 Å². The van der Waals surface area contributed by atoms with Crippen molar-refractivity contribution in [3.05, 3.63) is 29.8 Å². The average Bonchev–Trinajstić information content (AvgIpc) is 2.46. The number of nitrogens with zero attached hydrogens (tertiary/aromatic N) is 2. The Hall–Kier alpha value is -2.02. The van der Waals surface area contributed by atoms with Gasteiger partial charge >= 0.3 is 12.2 Å². The van der Waals surface area contributed by atoms with Crippen molar-refractivity contribution in [2.75, 3.05) is 0 Å². The third-order valence-corrected chi connectivity index (χ3v) is 11.6. The molecule has 1 rings (SSSR count). The maximum Gasteiger partial charge on any atom is 0.458 e. The zero-order valence-corrected chi connectivity index (χ0v) is 19.8. The quantitative estimate of drug-likeness (QED) is 0.378. The standard InChI is InChI=1S/C21H34N2O4Si/c1-15-12-11-13-16(14-15)26-17(24)22-23-18(25)27-28(19(2,3)4,20(5,6)7)21(8,9)10/h11-14H,1-10H3/b23-22+. The number of azo groups is 1. The summed E-state index contributed by atoms with van der Waals surface area (Å²) in [6.45, 7) is 20.7. The van der Waals surface area contributed by atoms with Gasteiger partial charge in [0.05, 0.1) is 0 Å². The summed E-state index contributed by atoms with van der Waals surface area (Å²) in [5.41, 5.74) is 0.943. The smallest absolute Gasteiger partial charge is 0.458 e. The van der Waals surface area contributed by atoms with E-state index in [0.29, 0.717) is 5.75 Å². The minimum absolute atomic E-state index is 0.253. The first kappa shape index (κ1) is 24.0. The van der Waals surface area contributed by atoms with E-state index in [1.807, 2.05) is 13.0 Å². The van der Waals surface area contributed by atoms with Crippen molar-refractivity contribution >= 4 is 20.5 Å². The van der Waals surface area contributed by atoms with Crippen molar-refractivity contribution in [2.45, 2.75) is 84.4 Å². The Kier molecular flexibility index (Phi) is 6.99. The van der Waals surface area contributed by atoms with Crippen LogP contribution >= 0.6 is 0 Å². The van der Waals surface area contributed by atoms with E-state index in [1.54, 1.807) is 18.2 Å². The second-order valence-electron chi connectivity index (χ2n) is 10.2. The minimum atomic E-state index is -2.77. The van der Waals surface area contributed by atoms with Crippen LogP contribution in [0.25, 0.3) is 0 Å². The van der Waals surface area contributed by atoms with Gasteiger partial charge in [0, 0.05) is 0 Å². The van der Waals surface area contributed by atoms with Gasteiger partial charge in [-0.2, -0.15) is 0 Å². The van der Waals surface area contributed by atoms with Gasteiger partial charge in [-0.25, -0.2) is 9.59 Å². The van der Waals surface area contributed by atoms with Crippen molar-refractivity contribution in [1.29, 1.82) is 0 Å². The third-order valence-electron chi connectivity index (χ3n) is 4.82. The summed E-state index contributed by atoms with van der Waals surface area (Å²) in [7, 11) is -2.77. The second kappa shape index (κ2) is 8.15. The number of carbonyl (C=O) groups excluding carboxylic acids is 2. The molecule has 0 unspecified atom stereocenters. The molecule has 0 spiro atoms. The lowest BCUT2D eigenvalue weighted by Gasteiger charge is -2.56. The van der Waals surface area contributed by atoms with Gasteiger partial charge < -0.3 is 9.16 Å². The van der Waals surface area contributed by atoms with Gasteiger partial charge in [0.25, 0.3) is 8.32 Å². The summed E-state index contributed by atoms with van der Waals surface area (Å²) >= 11 is 0. The number of amides is 2. The van der Waals surface area contributed by atoms with E-state index in [0.717, 1.165) is 5.56 Å². The molecule has 0 fully saturated rings. The first-order valence-electron chi connectivity index (χ1n) is 9.44. The Bertz CT molecular complexity index is 717. The molecule has 1 aromatic carbocycles. The fourth-order valence-corrected chi connectivity index (χ4v) is 12.8. The zero-order chi connectivity index (χ0) is 22.0. The van der Waals surface area contributed by atoms with Gasteiger partial charge in [-0.15, -0.1) is 0 Å². The molecule has 7 heteroatoms. The monoisotopic (exact) mass is 406 g/mol. The maximum atomic E-state index is 12.6. The van der Waals surface area contributed by atoms with Crippen LogP contribution in [0.5, 0.6) is 5.75 Å².